The van der Waals surface area contributed by atoms with Gasteiger partial charge in [0.15, 0.2) is 5.75 Å². The van der Waals surface area contributed by atoms with E-state index in [-0.39, 0.29) is 11.7 Å². The van der Waals surface area contributed by atoms with Crippen LogP contribution in [0.25, 0.3) is 10.9 Å². The summed E-state index contributed by atoms with van der Waals surface area (Å²) in [6, 6.07) is 4.76. The molecule has 1 heterocycles. The Morgan fingerprint density at radius 1 is 1.06 bits per heavy atom. The van der Waals surface area contributed by atoms with Gasteiger partial charge in [0.2, 0.25) is 5.91 Å². The number of hydrogen-bond acceptors (Lipinski definition) is 3. The lowest BCUT2D eigenvalue weighted by Crippen LogP contribution is -2.19. The van der Waals surface area contributed by atoms with Crippen LogP contribution in [0.5, 0.6) is 11.5 Å². The topological polar surface area (TPSA) is 74.3 Å². The highest BCUT2D eigenvalue weighted by atomic mass is 19.4. The molecule has 32 heavy (non-hydrogen) atoms. The maximum Gasteiger partial charge on any atom is 0.420 e. The molecule has 0 saturated carbocycles. The predicted molar refractivity (Wildman–Crippen MR) is 105 cm³/mol. The zero-order valence-corrected chi connectivity index (χ0v) is 16.8. The van der Waals surface area contributed by atoms with E-state index in [0.717, 1.165) is 5.56 Å². The van der Waals surface area contributed by atoms with Crippen molar-refractivity contribution in [2.75, 3.05) is 11.9 Å². The number of halogens is 6. The van der Waals surface area contributed by atoms with Gasteiger partial charge in [-0.1, -0.05) is 13.8 Å². The van der Waals surface area contributed by atoms with Gasteiger partial charge in [0.1, 0.15) is 23.5 Å². The Labute approximate surface area is 178 Å². The molecule has 2 aromatic carbocycles. The molecular weight excluding hydrogens is 442 g/mol. The summed E-state index contributed by atoms with van der Waals surface area (Å²) in [6.45, 7) is 2.66. The van der Waals surface area contributed by atoms with E-state index in [9.17, 15) is 31.1 Å². The van der Waals surface area contributed by atoms with E-state index in [2.05, 4.69) is 4.98 Å². The maximum atomic E-state index is 13.7. The van der Waals surface area contributed by atoms with Crippen molar-refractivity contribution in [1.82, 2.24) is 4.98 Å². The second-order valence-electron chi connectivity index (χ2n) is 7.31. The van der Waals surface area contributed by atoms with Gasteiger partial charge in [-0.05, 0) is 41.8 Å². The first-order chi connectivity index (χ1) is 14.8. The first kappa shape index (κ1) is 23.5. The minimum Gasteiger partial charge on any atom is -0.456 e. The molecule has 0 aliphatic carbocycles. The molecular formula is C21H18F6N2O3. The number of nitrogens with one attached hydrogen (secondary N) is 2. The van der Waals surface area contributed by atoms with Crippen LogP contribution >= 0.6 is 0 Å². The fourth-order valence-electron chi connectivity index (χ4n) is 3.21. The minimum absolute atomic E-state index is 0.0462. The Balaban J connectivity index is 2.18. The number of aliphatic hydroxyl groups is 1. The summed E-state index contributed by atoms with van der Waals surface area (Å²) in [7, 11) is 0. The zero-order chi connectivity index (χ0) is 23.8. The van der Waals surface area contributed by atoms with Crippen LogP contribution in [0.15, 0.2) is 36.5 Å². The molecule has 5 nitrogen and oxygen atoms in total. The van der Waals surface area contributed by atoms with E-state index in [1.807, 2.05) is 13.8 Å². The molecule has 0 saturated heterocycles. The number of carbonyl (C=O) groups is 1. The van der Waals surface area contributed by atoms with Crippen LogP contribution in [0.1, 0.15) is 36.5 Å². The number of fused-ring (bicyclic) bond motifs is 1. The van der Waals surface area contributed by atoms with Crippen LogP contribution in [0.2, 0.25) is 0 Å². The monoisotopic (exact) mass is 460 g/mol. The molecule has 0 atom stereocenters. The summed E-state index contributed by atoms with van der Waals surface area (Å²) in [6.07, 6.45) is -8.74. The summed E-state index contributed by atoms with van der Waals surface area (Å²) < 4.78 is 87.2. The van der Waals surface area contributed by atoms with Crippen LogP contribution < -0.4 is 10.1 Å². The van der Waals surface area contributed by atoms with Crippen molar-refractivity contribution < 1.29 is 41.0 Å². The van der Waals surface area contributed by atoms with Crippen molar-refractivity contribution >= 4 is 22.5 Å². The summed E-state index contributed by atoms with van der Waals surface area (Å²) >= 11 is 0. The third-order valence-corrected chi connectivity index (χ3v) is 4.65. The first-order valence-electron chi connectivity index (χ1n) is 9.33. The lowest BCUT2D eigenvalue weighted by Gasteiger charge is -2.21. The maximum absolute atomic E-state index is 13.7. The fourth-order valence-corrected chi connectivity index (χ4v) is 3.21. The second kappa shape index (κ2) is 8.38. The van der Waals surface area contributed by atoms with Crippen molar-refractivity contribution in [3.8, 4) is 11.5 Å². The molecule has 3 aromatic rings. The molecule has 3 N–H and O–H groups in total. The van der Waals surface area contributed by atoms with E-state index in [1.165, 1.54) is 18.2 Å². The van der Waals surface area contributed by atoms with Crippen molar-refractivity contribution in [3.05, 3.63) is 53.2 Å². The number of H-pyrrole nitrogens is 1. The second-order valence-corrected chi connectivity index (χ2v) is 7.31. The van der Waals surface area contributed by atoms with E-state index < -0.39 is 47.4 Å². The summed E-state index contributed by atoms with van der Waals surface area (Å²) in [5.74, 6) is -2.78. The predicted octanol–water partition coefficient (Wildman–Crippen LogP) is 6.05. The molecule has 1 amide bonds. The van der Waals surface area contributed by atoms with Gasteiger partial charge in [0.05, 0.1) is 0 Å². The molecule has 11 heteroatoms. The van der Waals surface area contributed by atoms with Crippen molar-refractivity contribution in [3.63, 3.8) is 0 Å². The van der Waals surface area contributed by atoms with Crippen molar-refractivity contribution in [2.45, 2.75) is 32.1 Å². The lowest BCUT2D eigenvalue weighted by atomic mass is 10.0. The van der Waals surface area contributed by atoms with Gasteiger partial charge in [-0.25, -0.2) is 0 Å². The van der Waals surface area contributed by atoms with Gasteiger partial charge >= 0.3 is 12.4 Å². The van der Waals surface area contributed by atoms with Gasteiger partial charge in [-0.15, -0.1) is 0 Å². The highest BCUT2D eigenvalue weighted by molar-refractivity contribution is 5.92. The number of hydrogen-bond donors (Lipinski definition) is 3. The normalized spacial score (nSPS) is 12.4. The Kier molecular flexibility index (Phi) is 6.14. The smallest absolute Gasteiger partial charge is 0.420 e. The average Bonchev–Trinajstić information content (AvgIpc) is 3.10. The number of amides is 1. The number of ether oxygens (including phenoxy) is 1. The SMILES string of the molecule is CC(C)c1c[nH]c2ccc(Oc3c(C(F)(F)F)cc(NC(=O)CO)cc3C(F)(F)F)cc12. The third kappa shape index (κ3) is 4.82. The number of rotatable bonds is 5. The molecule has 0 spiro atoms. The first-order valence-corrected chi connectivity index (χ1v) is 9.33. The minimum atomic E-state index is -5.23. The van der Waals surface area contributed by atoms with Crippen LogP contribution in [0.3, 0.4) is 0 Å². The zero-order valence-electron chi connectivity index (χ0n) is 16.8. The number of aliphatic hydroxyl groups excluding tert-OH is 1. The van der Waals surface area contributed by atoms with Crippen LogP contribution in [0, 0.1) is 0 Å². The summed E-state index contributed by atoms with van der Waals surface area (Å²) in [5, 5.41) is 11.2. The highest BCUT2D eigenvalue weighted by Crippen LogP contribution is 2.47. The van der Waals surface area contributed by atoms with E-state index in [4.69, 9.17) is 9.84 Å². The molecule has 0 bridgehead atoms. The molecule has 0 aliphatic heterocycles. The average molecular weight is 460 g/mol. The number of anilines is 1. The Morgan fingerprint density at radius 3 is 2.16 bits per heavy atom. The van der Waals surface area contributed by atoms with Crippen LogP contribution in [0.4, 0.5) is 32.0 Å². The highest BCUT2D eigenvalue weighted by Gasteiger charge is 2.43. The van der Waals surface area contributed by atoms with E-state index in [1.54, 1.807) is 11.5 Å². The van der Waals surface area contributed by atoms with Gasteiger partial charge in [0.25, 0.3) is 0 Å². The Hall–Kier alpha value is -3.21. The molecule has 0 fully saturated rings. The third-order valence-electron chi connectivity index (χ3n) is 4.65. The van der Waals surface area contributed by atoms with E-state index in [0.29, 0.717) is 23.0 Å². The molecule has 1 aromatic heterocycles. The number of carbonyl (C=O) groups excluding carboxylic acids is 1. The van der Waals surface area contributed by atoms with Crippen molar-refractivity contribution in [1.29, 1.82) is 0 Å². The Bertz CT molecular complexity index is 1110. The van der Waals surface area contributed by atoms with Crippen LogP contribution in [-0.4, -0.2) is 22.6 Å². The lowest BCUT2D eigenvalue weighted by molar-refractivity contribution is -0.145. The van der Waals surface area contributed by atoms with Gasteiger partial charge in [-0.3, -0.25) is 4.79 Å². The Morgan fingerprint density at radius 2 is 1.66 bits per heavy atom. The number of aromatic nitrogens is 1. The molecule has 3 rings (SSSR count). The standard InChI is InChI=1S/C21H18F6N2O3/c1-10(2)14-8-28-17-4-3-12(7-13(14)17)32-19-15(20(22,23)24)5-11(29-18(31)9-30)6-16(19)21(25,26)27/h3-8,10,28,30H,9H2,1-2H3,(H,29,31). The van der Waals surface area contributed by atoms with Crippen molar-refractivity contribution in [2.24, 2.45) is 0 Å². The van der Waals surface area contributed by atoms with Crippen LogP contribution in [-0.2, 0) is 17.1 Å². The quantitative estimate of drug-likeness (QED) is 0.406. The summed E-state index contributed by atoms with van der Waals surface area (Å²) in [5.41, 5.74) is -2.76. The van der Waals surface area contributed by atoms with E-state index >= 15 is 0 Å². The van der Waals surface area contributed by atoms with Gasteiger partial charge < -0.3 is 20.1 Å². The van der Waals surface area contributed by atoms with Gasteiger partial charge in [0, 0.05) is 22.8 Å². The fraction of sp³-hybridized carbons (Fsp3) is 0.286. The summed E-state index contributed by atoms with van der Waals surface area (Å²) in [4.78, 5) is 14.3. The van der Waals surface area contributed by atoms with Gasteiger partial charge in [-0.2, -0.15) is 26.3 Å². The largest absolute Gasteiger partial charge is 0.456 e. The molecule has 0 aliphatic rings. The number of alkyl halides is 6. The molecule has 0 unspecified atom stereocenters. The number of aromatic amines is 1. The molecule has 0 radical (unpaired) electrons. The number of benzene rings is 2. The molecule has 172 valence electrons.